The first-order valence-corrected chi connectivity index (χ1v) is 5.15. The van der Waals surface area contributed by atoms with Gasteiger partial charge in [-0.25, -0.2) is 10.2 Å². The molecule has 0 unspecified atom stereocenters. The summed E-state index contributed by atoms with van der Waals surface area (Å²) in [5, 5.41) is 10.8. The van der Waals surface area contributed by atoms with Crippen LogP contribution in [0.15, 0.2) is 36.4 Å². The molecule has 0 atom stereocenters. The minimum Gasteiger partial charge on any atom is -0.434 e. The molecule has 0 fully saturated rings. The van der Waals surface area contributed by atoms with Gasteiger partial charge in [0.1, 0.15) is 17.4 Å². The summed E-state index contributed by atoms with van der Waals surface area (Å²) in [6, 6.07) is 7.57. The van der Waals surface area contributed by atoms with Gasteiger partial charge in [0.25, 0.3) is 0 Å². The highest BCUT2D eigenvalue weighted by Gasteiger charge is 2.18. The molecule has 0 saturated heterocycles. The van der Waals surface area contributed by atoms with Crippen molar-refractivity contribution < 1.29 is 14.1 Å². The van der Waals surface area contributed by atoms with Crippen LogP contribution in [-0.4, -0.2) is 9.91 Å². The zero-order valence-corrected chi connectivity index (χ0v) is 9.54. The first kappa shape index (κ1) is 12.7. The fourth-order valence-corrected chi connectivity index (χ4v) is 1.34. The fourth-order valence-electron chi connectivity index (χ4n) is 1.34. The minimum absolute atomic E-state index is 0.211. The first-order valence-electron chi connectivity index (χ1n) is 5.15. The zero-order chi connectivity index (χ0) is 13.8. The van der Waals surface area contributed by atoms with Crippen LogP contribution in [0, 0.1) is 15.9 Å². The number of nitrogens with two attached hydrogens (primary N) is 1. The Hall–Kier alpha value is -2.74. The maximum absolute atomic E-state index is 12.7. The van der Waals surface area contributed by atoms with Gasteiger partial charge in [0.15, 0.2) is 0 Å². The van der Waals surface area contributed by atoms with Gasteiger partial charge in [-0.2, -0.15) is 4.98 Å². The third-order valence-corrected chi connectivity index (χ3v) is 2.21. The smallest absolute Gasteiger partial charge is 0.331 e. The van der Waals surface area contributed by atoms with Crippen molar-refractivity contribution in [3.05, 3.63) is 52.3 Å². The van der Waals surface area contributed by atoms with E-state index in [0.29, 0.717) is 0 Å². The van der Waals surface area contributed by atoms with E-state index in [4.69, 9.17) is 10.6 Å². The molecule has 3 N–H and O–H groups in total. The lowest BCUT2D eigenvalue weighted by Crippen LogP contribution is -2.09. The highest BCUT2D eigenvalue weighted by atomic mass is 19.1. The number of hydrogen-bond donors (Lipinski definition) is 2. The lowest BCUT2D eigenvalue weighted by Gasteiger charge is -2.06. The molecule has 1 aromatic carbocycles. The van der Waals surface area contributed by atoms with Crippen LogP contribution in [0.1, 0.15) is 0 Å². The van der Waals surface area contributed by atoms with Crippen LogP contribution in [0.5, 0.6) is 11.6 Å². The average molecular weight is 264 g/mol. The molecule has 2 rings (SSSR count). The molecule has 8 heteroatoms. The number of pyridine rings is 1. The van der Waals surface area contributed by atoms with Crippen LogP contribution in [0.4, 0.5) is 15.9 Å². The molecule has 19 heavy (non-hydrogen) atoms. The Kier molecular flexibility index (Phi) is 3.53. The molecule has 2 aromatic rings. The van der Waals surface area contributed by atoms with Crippen LogP contribution in [0.25, 0.3) is 0 Å². The Labute approximate surface area is 107 Å². The lowest BCUT2D eigenvalue weighted by molar-refractivity contribution is -0.386. The standard InChI is InChI=1S/C11H9FN4O3/c12-7-1-3-8(4-2-7)19-11-9(16(17)18)5-6-10(14-11)15-13/h1-6H,13H2,(H,14,15). The fraction of sp³-hybridized carbons (Fsp3) is 0. The molecule has 0 saturated carbocycles. The van der Waals surface area contributed by atoms with Gasteiger partial charge in [0.2, 0.25) is 0 Å². The van der Waals surface area contributed by atoms with Crippen molar-refractivity contribution in [2.75, 3.05) is 5.43 Å². The highest BCUT2D eigenvalue weighted by molar-refractivity contribution is 5.50. The van der Waals surface area contributed by atoms with E-state index in [-0.39, 0.29) is 23.1 Å². The Morgan fingerprint density at radius 3 is 2.53 bits per heavy atom. The second-order valence-corrected chi connectivity index (χ2v) is 3.48. The van der Waals surface area contributed by atoms with E-state index in [1.165, 1.54) is 36.4 Å². The van der Waals surface area contributed by atoms with Crippen LogP contribution < -0.4 is 16.0 Å². The highest BCUT2D eigenvalue weighted by Crippen LogP contribution is 2.30. The maximum atomic E-state index is 12.7. The van der Waals surface area contributed by atoms with Gasteiger partial charge >= 0.3 is 11.6 Å². The molecule has 0 amide bonds. The van der Waals surface area contributed by atoms with E-state index in [0.717, 1.165) is 0 Å². The predicted octanol–water partition coefficient (Wildman–Crippen LogP) is 2.21. The third kappa shape index (κ3) is 2.93. The lowest BCUT2D eigenvalue weighted by atomic mass is 10.3. The number of benzene rings is 1. The number of aromatic nitrogens is 1. The Morgan fingerprint density at radius 1 is 1.26 bits per heavy atom. The molecular formula is C11H9FN4O3. The van der Waals surface area contributed by atoms with Crippen molar-refractivity contribution in [2.24, 2.45) is 5.84 Å². The molecule has 0 spiro atoms. The number of nitrogens with one attached hydrogen (secondary N) is 1. The Balaban J connectivity index is 2.36. The number of rotatable bonds is 4. The second kappa shape index (κ2) is 5.27. The SMILES string of the molecule is NNc1ccc([N+](=O)[O-])c(Oc2ccc(F)cc2)n1. The number of ether oxygens (including phenoxy) is 1. The van der Waals surface area contributed by atoms with E-state index in [1.54, 1.807) is 0 Å². The summed E-state index contributed by atoms with van der Waals surface area (Å²) in [4.78, 5) is 14.0. The molecule has 0 aliphatic carbocycles. The van der Waals surface area contributed by atoms with Crippen LogP contribution >= 0.6 is 0 Å². The number of nitrogens with zero attached hydrogens (tertiary/aromatic N) is 2. The molecule has 1 aromatic heterocycles. The number of anilines is 1. The predicted molar refractivity (Wildman–Crippen MR) is 65.2 cm³/mol. The van der Waals surface area contributed by atoms with Crippen LogP contribution in [-0.2, 0) is 0 Å². The molecular weight excluding hydrogens is 255 g/mol. The van der Waals surface area contributed by atoms with Gasteiger partial charge in [-0.3, -0.25) is 10.1 Å². The maximum Gasteiger partial charge on any atom is 0.331 e. The average Bonchev–Trinajstić information content (AvgIpc) is 2.41. The van der Waals surface area contributed by atoms with Gasteiger partial charge in [-0.15, -0.1) is 0 Å². The van der Waals surface area contributed by atoms with Gasteiger partial charge < -0.3 is 10.2 Å². The summed E-state index contributed by atoms with van der Waals surface area (Å²) < 4.78 is 18.0. The Bertz CT molecular complexity index is 603. The van der Waals surface area contributed by atoms with Gasteiger partial charge in [-0.1, -0.05) is 0 Å². The van der Waals surface area contributed by atoms with Gasteiger partial charge in [0.05, 0.1) is 4.92 Å². The monoisotopic (exact) mass is 264 g/mol. The molecule has 98 valence electrons. The minimum atomic E-state index is -0.633. The van der Waals surface area contributed by atoms with Crippen molar-refractivity contribution in [2.45, 2.75) is 0 Å². The van der Waals surface area contributed by atoms with Crippen LogP contribution in [0.2, 0.25) is 0 Å². The molecule has 0 aliphatic heterocycles. The second-order valence-electron chi connectivity index (χ2n) is 3.48. The summed E-state index contributed by atoms with van der Waals surface area (Å²) in [6.07, 6.45) is 0. The van der Waals surface area contributed by atoms with Gasteiger partial charge in [0, 0.05) is 6.07 Å². The van der Waals surface area contributed by atoms with E-state index < -0.39 is 10.7 Å². The number of nitro groups is 1. The van der Waals surface area contributed by atoms with Crippen molar-refractivity contribution in [1.29, 1.82) is 0 Å². The molecule has 0 aliphatic rings. The van der Waals surface area contributed by atoms with E-state index in [1.807, 2.05) is 0 Å². The number of halogens is 1. The number of hydrogen-bond acceptors (Lipinski definition) is 6. The normalized spacial score (nSPS) is 10.0. The molecule has 1 heterocycles. The summed E-state index contributed by atoms with van der Waals surface area (Å²) in [5.74, 6) is 4.94. The summed E-state index contributed by atoms with van der Waals surface area (Å²) in [7, 11) is 0. The van der Waals surface area contributed by atoms with E-state index >= 15 is 0 Å². The van der Waals surface area contributed by atoms with Crippen molar-refractivity contribution >= 4 is 11.5 Å². The molecule has 0 radical (unpaired) electrons. The summed E-state index contributed by atoms with van der Waals surface area (Å²) >= 11 is 0. The molecule has 7 nitrogen and oxygen atoms in total. The largest absolute Gasteiger partial charge is 0.434 e. The van der Waals surface area contributed by atoms with E-state index in [9.17, 15) is 14.5 Å². The topological polar surface area (TPSA) is 103 Å². The van der Waals surface area contributed by atoms with Gasteiger partial charge in [-0.05, 0) is 30.3 Å². The third-order valence-electron chi connectivity index (χ3n) is 2.21. The zero-order valence-electron chi connectivity index (χ0n) is 9.54. The quantitative estimate of drug-likeness (QED) is 0.498. The Morgan fingerprint density at radius 2 is 1.95 bits per heavy atom. The van der Waals surface area contributed by atoms with Crippen LogP contribution in [0.3, 0.4) is 0 Å². The van der Waals surface area contributed by atoms with Crippen molar-refractivity contribution in [3.8, 4) is 11.6 Å². The van der Waals surface area contributed by atoms with Crippen molar-refractivity contribution in [1.82, 2.24) is 4.98 Å². The number of nitrogen functional groups attached to an aromatic ring is 1. The van der Waals surface area contributed by atoms with Crippen molar-refractivity contribution in [3.63, 3.8) is 0 Å². The first-order chi connectivity index (χ1) is 9.10. The van der Waals surface area contributed by atoms with E-state index in [2.05, 4.69) is 10.4 Å². The summed E-state index contributed by atoms with van der Waals surface area (Å²) in [6.45, 7) is 0. The number of hydrazine groups is 1. The molecule has 0 bridgehead atoms. The summed E-state index contributed by atoms with van der Waals surface area (Å²) in [5.41, 5.74) is 1.94.